The quantitative estimate of drug-likeness (QED) is 0.590. The fourth-order valence-corrected chi connectivity index (χ4v) is 3.46. The van der Waals surface area contributed by atoms with Crippen molar-refractivity contribution in [1.29, 1.82) is 0 Å². The fourth-order valence-electron chi connectivity index (χ4n) is 2.23. The van der Waals surface area contributed by atoms with E-state index < -0.39 is 10.0 Å². The first-order valence-electron chi connectivity index (χ1n) is 7.34. The highest BCUT2D eigenvalue weighted by Crippen LogP contribution is 2.22. The molecule has 2 aromatic carbocycles. The van der Waals surface area contributed by atoms with Crippen molar-refractivity contribution in [3.63, 3.8) is 0 Å². The topological polar surface area (TPSA) is 118 Å². The number of carbonyl (C=O) groups is 1. The number of sulfonamides is 1. The lowest BCUT2D eigenvalue weighted by Gasteiger charge is -2.09. The number of aromatic nitrogens is 2. The Morgan fingerprint density at radius 3 is 2.76 bits per heavy atom. The van der Waals surface area contributed by atoms with Gasteiger partial charge in [0.25, 0.3) is 0 Å². The van der Waals surface area contributed by atoms with Gasteiger partial charge < -0.3 is 10.3 Å². The average Bonchev–Trinajstić information content (AvgIpc) is 2.97. The molecule has 0 spiro atoms. The van der Waals surface area contributed by atoms with Crippen molar-refractivity contribution in [2.24, 2.45) is 5.14 Å². The lowest BCUT2D eigenvalue weighted by Crippen LogP contribution is -2.17. The Morgan fingerprint density at radius 1 is 1.28 bits per heavy atom. The summed E-state index contributed by atoms with van der Waals surface area (Å²) in [6, 6.07) is 12.0. The minimum Gasteiger partial charge on any atom is -0.333 e. The number of hydrogen-bond donors (Lipinski definition) is 3. The van der Waals surface area contributed by atoms with E-state index in [-0.39, 0.29) is 16.6 Å². The number of nitrogens with zero attached hydrogens (tertiary/aromatic N) is 1. The molecule has 130 valence electrons. The number of primary sulfonamides is 1. The van der Waals surface area contributed by atoms with E-state index in [9.17, 15) is 13.2 Å². The van der Waals surface area contributed by atoms with Gasteiger partial charge in [-0.05, 0) is 36.8 Å². The number of carbonyl (C=O) groups excluding carboxylic acids is 1. The highest BCUT2D eigenvalue weighted by molar-refractivity contribution is 7.99. The molecule has 0 saturated heterocycles. The number of H-pyrrole nitrogens is 1. The molecule has 0 atom stereocenters. The second kappa shape index (κ2) is 6.87. The molecule has 0 unspecified atom stereocenters. The Balaban J connectivity index is 1.68. The number of fused-ring (bicyclic) bond motifs is 1. The number of thioether (sulfide) groups is 1. The van der Waals surface area contributed by atoms with Crippen LogP contribution in [0.4, 0.5) is 5.69 Å². The number of nitrogens with one attached hydrogen (secondary N) is 2. The van der Waals surface area contributed by atoms with Crippen LogP contribution in [0.25, 0.3) is 11.0 Å². The normalized spacial score (nSPS) is 11.6. The summed E-state index contributed by atoms with van der Waals surface area (Å²) in [6.07, 6.45) is 0. The second-order valence-electron chi connectivity index (χ2n) is 5.42. The van der Waals surface area contributed by atoms with Gasteiger partial charge in [0.15, 0.2) is 5.16 Å². The SMILES string of the molecule is Cc1ccc(S(N)(=O)=O)cc1NC(=O)CSc1nc2ccccc2[nH]1. The molecule has 0 fully saturated rings. The maximum Gasteiger partial charge on any atom is 0.238 e. The van der Waals surface area contributed by atoms with Crippen molar-refractivity contribution in [2.75, 3.05) is 11.1 Å². The van der Waals surface area contributed by atoms with Crippen LogP contribution in [0.15, 0.2) is 52.5 Å². The van der Waals surface area contributed by atoms with E-state index in [1.165, 1.54) is 23.9 Å². The van der Waals surface area contributed by atoms with Crippen LogP contribution in [0.1, 0.15) is 5.56 Å². The summed E-state index contributed by atoms with van der Waals surface area (Å²) in [5.41, 5.74) is 2.90. The molecule has 3 rings (SSSR count). The van der Waals surface area contributed by atoms with Crippen LogP contribution < -0.4 is 10.5 Å². The molecule has 9 heteroatoms. The van der Waals surface area contributed by atoms with Gasteiger partial charge in [-0.2, -0.15) is 0 Å². The maximum atomic E-state index is 12.2. The molecule has 0 aliphatic rings. The number of rotatable bonds is 5. The minimum absolute atomic E-state index is 0.0432. The van der Waals surface area contributed by atoms with Crippen molar-refractivity contribution < 1.29 is 13.2 Å². The van der Waals surface area contributed by atoms with Crippen LogP contribution in [-0.2, 0) is 14.8 Å². The molecule has 0 aliphatic heterocycles. The third-order valence-corrected chi connectivity index (χ3v) is 5.30. The maximum absolute atomic E-state index is 12.2. The van der Waals surface area contributed by atoms with Gasteiger partial charge in [0.1, 0.15) is 0 Å². The number of aromatic amines is 1. The van der Waals surface area contributed by atoms with Crippen LogP contribution in [0, 0.1) is 6.92 Å². The number of amides is 1. The number of anilines is 1. The van der Waals surface area contributed by atoms with Crippen LogP contribution in [0.3, 0.4) is 0 Å². The number of benzene rings is 2. The molecule has 0 radical (unpaired) electrons. The first-order chi connectivity index (χ1) is 11.8. The number of aryl methyl sites for hydroxylation is 1. The van der Waals surface area contributed by atoms with Crippen LogP contribution in [0.5, 0.6) is 0 Å². The van der Waals surface area contributed by atoms with E-state index in [4.69, 9.17) is 5.14 Å². The zero-order valence-electron chi connectivity index (χ0n) is 13.3. The molecular weight excluding hydrogens is 360 g/mol. The second-order valence-corrected chi connectivity index (χ2v) is 7.94. The minimum atomic E-state index is -3.82. The first kappa shape index (κ1) is 17.5. The highest BCUT2D eigenvalue weighted by atomic mass is 32.2. The van der Waals surface area contributed by atoms with Gasteiger partial charge in [-0.1, -0.05) is 30.0 Å². The number of nitrogens with two attached hydrogens (primary N) is 1. The van der Waals surface area contributed by atoms with E-state index in [0.717, 1.165) is 16.6 Å². The van der Waals surface area contributed by atoms with Crippen molar-refractivity contribution in [3.05, 3.63) is 48.0 Å². The molecule has 4 N–H and O–H groups in total. The Labute approximate surface area is 149 Å². The highest BCUT2D eigenvalue weighted by Gasteiger charge is 2.12. The molecule has 0 bridgehead atoms. The largest absolute Gasteiger partial charge is 0.333 e. The third kappa shape index (κ3) is 4.19. The Morgan fingerprint density at radius 2 is 2.04 bits per heavy atom. The predicted molar refractivity (Wildman–Crippen MR) is 98.0 cm³/mol. The summed E-state index contributed by atoms with van der Waals surface area (Å²) in [6.45, 7) is 1.77. The van der Waals surface area contributed by atoms with Crippen molar-refractivity contribution in [3.8, 4) is 0 Å². The number of imidazole rings is 1. The van der Waals surface area contributed by atoms with Crippen LogP contribution >= 0.6 is 11.8 Å². The van der Waals surface area contributed by atoms with Gasteiger partial charge >= 0.3 is 0 Å². The molecule has 3 aromatic rings. The van der Waals surface area contributed by atoms with Gasteiger partial charge in [0.2, 0.25) is 15.9 Å². The summed E-state index contributed by atoms with van der Waals surface area (Å²) >= 11 is 1.27. The summed E-state index contributed by atoms with van der Waals surface area (Å²) in [7, 11) is -3.82. The Bertz CT molecular complexity index is 1010. The smallest absolute Gasteiger partial charge is 0.238 e. The summed E-state index contributed by atoms with van der Waals surface area (Å²) in [5, 5.41) is 8.47. The molecule has 25 heavy (non-hydrogen) atoms. The Hall–Kier alpha value is -2.36. The van der Waals surface area contributed by atoms with E-state index in [1.54, 1.807) is 13.0 Å². The fraction of sp³-hybridized carbons (Fsp3) is 0.125. The van der Waals surface area contributed by atoms with Gasteiger partial charge in [0, 0.05) is 5.69 Å². The van der Waals surface area contributed by atoms with Gasteiger partial charge in [-0.15, -0.1) is 0 Å². The van der Waals surface area contributed by atoms with Gasteiger partial charge in [0.05, 0.1) is 21.7 Å². The molecule has 1 amide bonds. The van der Waals surface area contributed by atoms with E-state index >= 15 is 0 Å². The monoisotopic (exact) mass is 376 g/mol. The lowest BCUT2D eigenvalue weighted by molar-refractivity contribution is -0.113. The van der Waals surface area contributed by atoms with Crippen molar-refractivity contribution in [2.45, 2.75) is 17.0 Å². The number of hydrogen-bond acceptors (Lipinski definition) is 5. The molecule has 7 nitrogen and oxygen atoms in total. The van der Waals surface area contributed by atoms with Crippen LogP contribution in [0.2, 0.25) is 0 Å². The third-order valence-electron chi connectivity index (χ3n) is 3.52. The number of para-hydroxylation sites is 2. The molecule has 0 aliphatic carbocycles. The van der Waals surface area contributed by atoms with Gasteiger partial charge in [-0.3, -0.25) is 4.79 Å². The van der Waals surface area contributed by atoms with Crippen molar-refractivity contribution in [1.82, 2.24) is 9.97 Å². The zero-order valence-corrected chi connectivity index (χ0v) is 14.9. The molecule has 0 saturated carbocycles. The van der Waals surface area contributed by atoms with E-state index in [1.807, 2.05) is 24.3 Å². The standard InChI is InChI=1S/C16H16N4O3S2/c1-10-6-7-11(25(17,22)23)8-14(10)18-15(21)9-24-16-19-12-4-2-3-5-13(12)20-16/h2-8H,9H2,1H3,(H,18,21)(H,19,20)(H2,17,22,23). The zero-order chi connectivity index (χ0) is 18.0. The average molecular weight is 376 g/mol. The van der Waals surface area contributed by atoms with Gasteiger partial charge in [-0.25, -0.2) is 18.5 Å². The molecule has 1 aromatic heterocycles. The van der Waals surface area contributed by atoms with Crippen molar-refractivity contribution >= 4 is 44.4 Å². The molecule has 1 heterocycles. The molecular formula is C16H16N4O3S2. The lowest BCUT2D eigenvalue weighted by atomic mass is 10.2. The van der Waals surface area contributed by atoms with E-state index in [2.05, 4.69) is 15.3 Å². The first-order valence-corrected chi connectivity index (χ1v) is 9.87. The predicted octanol–water partition coefficient (Wildman–Crippen LogP) is 2.25. The Kier molecular flexibility index (Phi) is 4.80. The van der Waals surface area contributed by atoms with Crippen LogP contribution in [-0.4, -0.2) is 30.0 Å². The summed E-state index contributed by atoms with van der Waals surface area (Å²) in [5.74, 6) is -0.126. The summed E-state index contributed by atoms with van der Waals surface area (Å²) in [4.78, 5) is 19.6. The van der Waals surface area contributed by atoms with E-state index in [0.29, 0.717) is 10.8 Å². The summed E-state index contributed by atoms with van der Waals surface area (Å²) < 4.78 is 22.9.